The van der Waals surface area contributed by atoms with Crippen LogP contribution in [0.1, 0.15) is 46.5 Å². The minimum atomic E-state index is -3.08. The standard InChI is InChI=1S/C12H25NO3S/c1-11(2,3)17(14,15)9-8-16-10-12(13)6-4-5-7-12/h4-10,13H2,1-3H3. The van der Waals surface area contributed by atoms with E-state index in [2.05, 4.69) is 0 Å². The van der Waals surface area contributed by atoms with Crippen molar-refractivity contribution in [3.05, 3.63) is 0 Å². The first-order valence-corrected chi connectivity index (χ1v) is 7.91. The molecule has 102 valence electrons. The second-order valence-corrected chi connectivity index (χ2v) is 8.92. The predicted molar refractivity (Wildman–Crippen MR) is 69.7 cm³/mol. The summed E-state index contributed by atoms with van der Waals surface area (Å²) in [7, 11) is -3.08. The average molecular weight is 263 g/mol. The lowest BCUT2D eigenvalue weighted by atomic mass is 10.0. The molecule has 0 unspecified atom stereocenters. The lowest BCUT2D eigenvalue weighted by Crippen LogP contribution is -2.42. The van der Waals surface area contributed by atoms with E-state index in [1.165, 1.54) is 0 Å². The van der Waals surface area contributed by atoms with Gasteiger partial charge < -0.3 is 10.5 Å². The van der Waals surface area contributed by atoms with Crippen molar-refractivity contribution in [3.8, 4) is 0 Å². The van der Waals surface area contributed by atoms with Gasteiger partial charge in [-0.3, -0.25) is 0 Å². The van der Waals surface area contributed by atoms with E-state index in [1.54, 1.807) is 20.8 Å². The minimum Gasteiger partial charge on any atom is -0.378 e. The maximum absolute atomic E-state index is 11.8. The van der Waals surface area contributed by atoms with Gasteiger partial charge in [0.25, 0.3) is 0 Å². The summed E-state index contributed by atoms with van der Waals surface area (Å²) in [5.74, 6) is 0.0760. The topological polar surface area (TPSA) is 69.4 Å². The molecule has 2 N–H and O–H groups in total. The van der Waals surface area contributed by atoms with Crippen LogP contribution in [0.4, 0.5) is 0 Å². The van der Waals surface area contributed by atoms with Crippen molar-refractivity contribution < 1.29 is 13.2 Å². The van der Waals surface area contributed by atoms with Crippen LogP contribution < -0.4 is 5.73 Å². The molecular weight excluding hydrogens is 238 g/mol. The molecule has 0 spiro atoms. The van der Waals surface area contributed by atoms with Crippen LogP contribution in [-0.2, 0) is 14.6 Å². The number of ether oxygens (including phenoxy) is 1. The predicted octanol–water partition coefficient (Wildman–Crippen LogP) is 1.49. The van der Waals surface area contributed by atoms with Gasteiger partial charge in [0, 0.05) is 5.54 Å². The van der Waals surface area contributed by atoms with Gasteiger partial charge in [-0.25, -0.2) is 8.42 Å². The zero-order valence-electron chi connectivity index (χ0n) is 11.2. The Morgan fingerprint density at radius 3 is 2.24 bits per heavy atom. The maximum Gasteiger partial charge on any atom is 0.157 e. The molecule has 0 aromatic heterocycles. The van der Waals surface area contributed by atoms with E-state index in [-0.39, 0.29) is 17.9 Å². The Balaban J connectivity index is 2.29. The fourth-order valence-corrected chi connectivity index (χ4v) is 2.92. The summed E-state index contributed by atoms with van der Waals surface area (Å²) < 4.78 is 28.4. The molecule has 17 heavy (non-hydrogen) atoms. The van der Waals surface area contributed by atoms with Crippen LogP contribution in [0.15, 0.2) is 0 Å². The van der Waals surface area contributed by atoms with Gasteiger partial charge in [0.1, 0.15) is 0 Å². The highest BCUT2D eigenvalue weighted by molar-refractivity contribution is 7.92. The monoisotopic (exact) mass is 263 g/mol. The molecule has 0 aromatic carbocycles. The van der Waals surface area contributed by atoms with Crippen LogP contribution >= 0.6 is 0 Å². The SMILES string of the molecule is CC(C)(C)S(=O)(=O)CCOCC1(N)CCCC1. The Bertz CT molecular complexity index is 337. The molecule has 1 aliphatic carbocycles. The second-order valence-electron chi connectivity index (χ2n) is 6.05. The largest absolute Gasteiger partial charge is 0.378 e. The summed E-state index contributed by atoms with van der Waals surface area (Å²) >= 11 is 0. The van der Waals surface area contributed by atoms with Crippen molar-refractivity contribution in [1.82, 2.24) is 0 Å². The summed E-state index contributed by atoms with van der Waals surface area (Å²) in [6.45, 7) is 5.86. The van der Waals surface area contributed by atoms with Crippen LogP contribution in [-0.4, -0.2) is 37.7 Å². The first-order valence-electron chi connectivity index (χ1n) is 6.25. The molecule has 0 heterocycles. The van der Waals surface area contributed by atoms with Crippen molar-refractivity contribution in [3.63, 3.8) is 0 Å². The lowest BCUT2D eigenvalue weighted by Gasteiger charge is -2.24. The molecule has 5 heteroatoms. The molecule has 1 saturated carbocycles. The van der Waals surface area contributed by atoms with E-state index < -0.39 is 14.6 Å². The molecule has 1 fully saturated rings. The van der Waals surface area contributed by atoms with Crippen LogP contribution in [0.3, 0.4) is 0 Å². The van der Waals surface area contributed by atoms with Gasteiger partial charge in [0.15, 0.2) is 9.84 Å². The summed E-state index contributed by atoms with van der Waals surface area (Å²) in [6.07, 6.45) is 4.28. The number of hydrogen-bond donors (Lipinski definition) is 1. The Labute approximate surface area is 105 Å². The molecule has 0 bridgehead atoms. The van der Waals surface area contributed by atoms with Gasteiger partial charge in [-0.15, -0.1) is 0 Å². The molecule has 0 aromatic rings. The molecule has 0 atom stereocenters. The van der Waals surface area contributed by atoms with Crippen molar-refractivity contribution in [1.29, 1.82) is 0 Å². The lowest BCUT2D eigenvalue weighted by molar-refractivity contribution is 0.0977. The Morgan fingerprint density at radius 2 is 1.76 bits per heavy atom. The van der Waals surface area contributed by atoms with Gasteiger partial charge in [0.05, 0.1) is 23.7 Å². The van der Waals surface area contributed by atoms with E-state index in [0.29, 0.717) is 6.61 Å². The molecule has 1 rings (SSSR count). The zero-order valence-corrected chi connectivity index (χ0v) is 12.0. The minimum absolute atomic E-state index is 0.0760. The molecule has 0 amide bonds. The normalized spacial score (nSPS) is 20.7. The Morgan fingerprint density at radius 1 is 1.24 bits per heavy atom. The fraction of sp³-hybridized carbons (Fsp3) is 1.00. The molecule has 4 nitrogen and oxygen atoms in total. The first kappa shape index (κ1) is 14.9. The third-order valence-electron chi connectivity index (χ3n) is 3.42. The summed E-state index contributed by atoms with van der Waals surface area (Å²) in [6, 6.07) is 0. The fourth-order valence-electron chi connectivity index (χ4n) is 1.97. The molecular formula is C12H25NO3S. The summed E-state index contributed by atoms with van der Waals surface area (Å²) in [5.41, 5.74) is 5.90. The molecule has 0 aliphatic heterocycles. The molecule has 0 radical (unpaired) electrons. The van der Waals surface area contributed by atoms with Crippen LogP contribution in [0.2, 0.25) is 0 Å². The van der Waals surface area contributed by atoms with E-state index in [0.717, 1.165) is 25.7 Å². The third kappa shape index (κ3) is 4.23. The number of nitrogens with two attached hydrogens (primary N) is 1. The van der Waals surface area contributed by atoms with E-state index in [9.17, 15) is 8.42 Å². The van der Waals surface area contributed by atoms with Gasteiger partial charge in [-0.2, -0.15) is 0 Å². The van der Waals surface area contributed by atoms with Crippen molar-refractivity contribution in [2.24, 2.45) is 5.73 Å². The van der Waals surface area contributed by atoms with Gasteiger partial charge in [0.2, 0.25) is 0 Å². The van der Waals surface area contributed by atoms with Crippen molar-refractivity contribution >= 4 is 9.84 Å². The van der Waals surface area contributed by atoms with Crippen molar-refractivity contribution in [2.75, 3.05) is 19.0 Å². The van der Waals surface area contributed by atoms with Gasteiger partial charge in [-0.1, -0.05) is 12.8 Å². The van der Waals surface area contributed by atoms with Crippen molar-refractivity contribution in [2.45, 2.75) is 56.7 Å². The van der Waals surface area contributed by atoms with Crippen LogP contribution in [0.5, 0.6) is 0 Å². The first-order chi connectivity index (χ1) is 7.66. The maximum atomic E-state index is 11.8. The molecule has 0 saturated heterocycles. The Kier molecular flexibility index (Phi) is 4.60. The average Bonchev–Trinajstić information content (AvgIpc) is 2.59. The third-order valence-corrected chi connectivity index (χ3v) is 5.99. The number of rotatable bonds is 5. The number of hydrogen-bond acceptors (Lipinski definition) is 4. The second kappa shape index (κ2) is 5.24. The number of sulfone groups is 1. The summed E-state index contributed by atoms with van der Waals surface area (Å²) in [4.78, 5) is 0. The smallest absolute Gasteiger partial charge is 0.157 e. The van der Waals surface area contributed by atoms with E-state index in [4.69, 9.17) is 10.5 Å². The molecule has 1 aliphatic rings. The van der Waals surface area contributed by atoms with Gasteiger partial charge >= 0.3 is 0 Å². The van der Waals surface area contributed by atoms with Crippen LogP contribution in [0.25, 0.3) is 0 Å². The highest BCUT2D eigenvalue weighted by atomic mass is 32.2. The van der Waals surface area contributed by atoms with E-state index >= 15 is 0 Å². The highest BCUT2D eigenvalue weighted by Crippen LogP contribution is 2.27. The highest BCUT2D eigenvalue weighted by Gasteiger charge is 2.31. The quantitative estimate of drug-likeness (QED) is 0.763. The zero-order chi connectivity index (χ0) is 13.2. The van der Waals surface area contributed by atoms with Gasteiger partial charge in [-0.05, 0) is 33.6 Å². The Hall–Kier alpha value is -0.130. The van der Waals surface area contributed by atoms with E-state index in [1.807, 2.05) is 0 Å². The summed E-state index contributed by atoms with van der Waals surface area (Å²) in [5, 5.41) is 0. The van der Waals surface area contributed by atoms with Crippen LogP contribution in [0, 0.1) is 0 Å².